The van der Waals surface area contributed by atoms with Crippen LogP contribution in [0.5, 0.6) is 0 Å². The fraction of sp³-hybridized carbons (Fsp3) is 0.0667. The second-order valence-corrected chi connectivity index (χ2v) is 4.50. The number of ether oxygens (including phenoxy) is 1. The van der Waals surface area contributed by atoms with Gasteiger partial charge in [-0.25, -0.2) is 9.18 Å². The lowest BCUT2D eigenvalue weighted by atomic mass is 10.2. The molecule has 0 aliphatic rings. The molecule has 0 fully saturated rings. The number of hydrazine groups is 1. The Morgan fingerprint density at radius 1 is 1.08 bits per heavy atom. The molecule has 0 saturated carbocycles. The average Bonchev–Trinajstić information content (AvgIpc) is 2.58. The van der Waals surface area contributed by atoms with Crippen molar-refractivity contribution in [2.24, 2.45) is 0 Å². The van der Waals surface area contributed by atoms with E-state index in [1.54, 1.807) is 0 Å². The van der Waals surface area contributed by atoms with E-state index in [-0.39, 0.29) is 11.1 Å². The van der Waals surface area contributed by atoms with Gasteiger partial charge in [0.1, 0.15) is 5.82 Å². The van der Waals surface area contributed by atoms with Crippen LogP contribution in [0.2, 0.25) is 0 Å². The van der Waals surface area contributed by atoms with Gasteiger partial charge in [-0.3, -0.25) is 20.4 Å². The van der Waals surface area contributed by atoms with Gasteiger partial charge in [-0.2, -0.15) is 4.73 Å². The molecule has 0 bridgehead atoms. The van der Waals surface area contributed by atoms with Crippen LogP contribution in [-0.4, -0.2) is 24.4 Å². The van der Waals surface area contributed by atoms with Gasteiger partial charge in [0, 0.05) is 12.1 Å². The molecule has 1 heterocycles. The number of hydrogen-bond donors (Lipinski definition) is 2. The van der Waals surface area contributed by atoms with E-state index in [0.29, 0.717) is 4.73 Å². The third kappa shape index (κ3) is 4.50. The van der Waals surface area contributed by atoms with Crippen LogP contribution in [0.3, 0.4) is 0 Å². The molecule has 1 aromatic heterocycles. The topological polar surface area (TPSA) is 111 Å². The quantitative estimate of drug-likeness (QED) is 0.356. The number of nitrogens with zero attached hydrogens (tertiary/aromatic N) is 1. The Morgan fingerprint density at radius 2 is 1.75 bits per heavy atom. The first-order chi connectivity index (χ1) is 11.5. The number of carbonyl (C=O) groups excluding carboxylic acids is 3. The fourth-order valence-corrected chi connectivity index (χ4v) is 1.64. The minimum Gasteiger partial charge on any atom is -0.619 e. The zero-order valence-corrected chi connectivity index (χ0v) is 12.2. The van der Waals surface area contributed by atoms with Crippen molar-refractivity contribution in [2.75, 3.05) is 6.61 Å². The maximum Gasteiger partial charge on any atom is 0.339 e. The van der Waals surface area contributed by atoms with Gasteiger partial charge in [0.15, 0.2) is 19.0 Å². The highest BCUT2D eigenvalue weighted by Crippen LogP contribution is 2.05. The maximum atomic E-state index is 13.4. The second-order valence-electron chi connectivity index (χ2n) is 4.50. The van der Waals surface area contributed by atoms with Crippen LogP contribution >= 0.6 is 0 Å². The molecule has 2 rings (SSSR count). The first-order valence-corrected chi connectivity index (χ1v) is 6.67. The Kier molecular flexibility index (Phi) is 5.40. The highest BCUT2D eigenvalue weighted by Gasteiger charge is 2.14. The molecule has 0 aliphatic carbocycles. The maximum absolute atomic E-state index is 13.4. The summed E-state index contributed by atoms with van der Waals surface area (Å²) in [7, 11) is 0. The number of esters is 1. The van der Waals surface area contributed by atoms with Crippen molar-refractivity contribution < 1.29 is 28.2 Å². The summed E-state index contributed by atoms with van der Waals surface area (Å²) < 4.78 is 18.6. The SMILES string of the molecule is O=C(COC(=O)c1cc[n+]([O-])cc1)NNC(=O)c1ccccc1F. The van der Waals surface area contributed by atoms with E-state index in [4.69, 9.17) is 4.74 Å². The summed E-state index contributed by atoms with van der Waals surface area (Å²) in [5.74, 6) is -3.22. The third-order valence-electron chi connectivity index (χ3n) is 2.81. The molecule has 124 valence electrons. The van der Waals surface area contributed by atoms with Crippen LogP contribution in [0.1, 0.15) is 20.7 Å². The van der Waals surface area contributed by atoms with Gasteiger partial charge in [0.2, 0.25) is 0 Å². The fourth-order valence-electron chi connectivity index (χ4n) is 1.64. The van der Waals surface area contributed by atoms with Crippen molar-refractivity contribution >= 4 is 17.8 Å². The summed E-state index contributed by atoms with van der Waals surface area (Å²) >= 11 is 0. The van der Waals surface area contributed by atoms with E-state index in [2.05, 4.69) is 0 Å². The van der Waals surface area contributed by atoms with E-state index in [0.717, 1.165) is 18.5 Å². The molecule has 2 N–H and O–H groups in total. The third-order valence-corrected chi connectivity index (χ3v) is 2.81. The number of aromatic nitrogens is 1. The molecule has 0 spiro atoms. The molecule has 2 amide bonds. The number of amides is 2. The lowest BCUT2D eigenvalue weighted by Gasteiger charge is -2.08. The van der Waals surface area contributed by atoms with Crippen LogP contribution in [0.4, 0.5) is 4.39 Å². The molecule has 9 heteroatoms. The summed E-state index contributed by atoms with van der Waals surface area (Å²) in [6, 6.07) is 7.69. The van der Waals surface area contributed by atoms with Gasteiger partial charge in [-0.05, 0) is 12.1 Å². The predicted molar refractivity (Wildman–Crippen MR) is 77.7 cm³/mol. The van der Waals surface area contributed by atoms with Crippen LogP contribution in [0.25, 0.3) is 0 Å². The number of nitrogens with one attached hydrogen (secondary N) is 2. The summed E-state index contributed by atoms with van der Waals surface area (Å²) in [5.41, 5.74) is 3.83. The van der Waals surface area contributed by atoms with Gasteiger partial charge >= 0.3 is 5.97 Å². The minimum absolute atomic E-state index is 0.0882. The Labute approximate surface area is 135 Å². The van der Waals surface area contributed by atoms with Crippen LogP contribution in [0.15, 0.2) is 48.8 Å². The van der Waals surface area contributed by atoms with Gasteiger partial charge in [0.25, 0.3) is 11.8 Å². The number of hydrogen-bond acceptors (Lipinski definition) is 5. The predicted octanol–water partition coefficient (Wildman–Crippen LogP) is 0.0771. The Bertz CT molecular complexity index is 764. The van der Waals surface area contributed by atoms with E-state index in [1.165, 1.54) is 30.3 Å². The standard InChI is InChI=1S/C15H12FN3O5/c16-12-4-2-1-3-11(12)14(21)18-17-13(20)9-24-15(22)10-5-7-19(23)8-6-10/h1-8H,9H2,(H,17,20)(H,18,21). The van der Waals surface area contributed by atoms with E-state index in [9.17, 15) is 24.0 Å². The Morgan fingerprint density at radius 3 is 2.42 bits per heavy atom. The van der Waals surface area contributed by atoms with Crippen molar-refractivity contribution in [3.05, 3.63) is 70.9 Å². The minimum atomic E-state index is -0.851. The number of rotatable bonds is 4. The van der Waals surface area contributed by atoms with Crippen molar-refractivity contribution in [3.63, 3.8) is 0 Å². The van der Waals surface area contributed by atoms with Gasteiger partial charge in [-0.1, -0.05) is 12.1 Å². The summed E-state index contributed by atoms with van der Waals surface area (Å²) in [5, 5.41) is 10.8. The highest BCUT2D eigenvalue weighted by molar-refractivity contribution is 5.96. The number of benzene rings is 1. The van der Waals surface area contributed by atoms with E-state index >= 15 is 0 Å². The molecule has 8 nitrogen and oxygen atoms in total. The van der Waals surface area contributed by atoms with Crippen molar-refractivity contribution in [1.29, 1.82) is 0 Å². The van der Waals surface area contributed by atoms with Gasteiger partial charge < -0.3 is 9.94 Å². The molecular formula is C15H12FN3O5. The normalized spacial score (nSPS) is 9.88. The lowest BCUT2D eigenvalue weighted by molar-refractivity contribution is -0.605. The van der Waals surface area contributed by atoms with Crippen molar-refractivity contribution in [3.8, 4) is 0 Å². The Balaban J connectivity index is 1.79. The second kappa shape index (κ2) is 7.68. The van der Waals surface area contributed by atoms with Gasteiger partial charge in [0.05, 0.1) is 11.1 Å². The zero-order valence-electron chi connectivity index (χ0n) is 12.2. The van der Waals surface area contributed by atoms with Crippen molar-refractivity contribution in [1.82, 2.24) is 10.9 Å². The summed E-state index contributed by atoms with van der Waals surface area (Å²) in [4.78, 5) is 34.8. The van der Waals surface area contributed by atoms with Crippen LogP contribution in [0, 0.1) is 11.0 Å². The summed E-state index contributed by atoms with van der Waals surface area (Å²) in [6.45, 7) is -0.664. The number of halogens is 1. The molecule has 0 atom stereocenters. The monoisotopic (exact) mass is 333 g/mol. The summed E-state index contributed by atoms with van der Waals surface area (Å²) in [6.07, 6.45) is 2.20. The molecule has 2 aromatic rings. The van der Waals surface area contributed by atoms with Gasteiger partial charge in [-0.15, -0.1) is 0 Å². The average molecular weight is 333 g/mol. The molecule has 0 saturated heterocycles. The Hall–Kier alpha value is -3.49. The van der Waals surface area contributed by atoms with Crippen LogP contribution in [-0.2, 0) is 9.53 Å². The van der Waals surface area contributed by atoms with Crippen LogP contribution < -0.4 is 15.6 Å². The molecule has 0 unspecified atom stereocenters. The molecular weight excluding hydrogens is 321 g/mol. The largest absolute Gasteiger partial charge is 0.619 e. The highest BCUT2D eigenvalue weighted by atomic mass is 19.1. The molecule has 24 heavy (non-hydrogen) atoms. The van der Waals surface area contributed by atoms with E-state index in [1.807, 2.05) is 10.9 Å². The zero-order chi connectivity index (χ0) is 17.5. The number of carbonyl (C=O) groups is 3. The number of pyridine rings is 1. The first kappa shape index (κ1) is 16.9. The first-order valence-electron chi connectivity index (χ1n) is 6.67. The van der Waals surface area contributed by atoms with E-state index < -0.39 is 30.2 Å². The molecule has 0 aliphatic heterocycles. The molecule has 1 aromatic carbocycles. The molecule has 0 radical (unpaired) electrons. The smallest absolute Gasteiger partial charge is 0.339 e. The lowest BCUT2D eigenvalue weighted by Crippen LogP contribution is -2.43. The van der Waals surface area contributed by atoms with Crippen molar-refractivity contribution in [2.45, 2.75) is 0 Å².